The van der Waals surface area contributed by atoms with Crippen molar-refractivity contribution < 1.29 is 19.0 Å². The van der Waals surface area contributed by atoms with Crippen LogP contribution < -0.4 is 14.9 Å². The van der Waals surface area contributed by atoms with Gasteiger partial charge in [-0.25, -0.2) is 0 Å². The minimum absolute atomic E-state index is 0.0792. The second-order valence-electron chi connectivity index (χ2n) is 5.56. The maximum Gasteiger partial charge on any atom is 0.325 e. The number of benzene rings is 2. The molecule has 0 aliphatic carbocycles. The van der Waals surface area contributed by atoms with E-state index in [9.17, 15) is 9.59 Å². The van der Waals surface area contributed by atoms with E-state index in [1.165, 1.54) is 14.2 Å². The monoisotopic (exact) mass is 375 g/mol. The molecule has 0 atom stereocenters. The van der Waals surface area contributed by atoms with E-state index in [4.69, 9.17) is 25.8 Å². The van der Waals surface area contributed by atoms with Crippen molar-refractivity contribution in [2.45, 2.75) is 13.5 Å². The molecule has 0 bridgehead atoms. The quantitative estimate of drug-likeness (QED) is 0.505. The lowest BCUT2D eigenvalue weighted by Crippen LogP contribution is -2.18. The van der Waals surface area contributed by atoms with E-state index >= 15 is 0 Å². The van der Waals surface area contributed by atoms with Gasteiger partial charge in [0.2, 0.25) is 0 Å². The van der Waals surface area contributed by atoms with Gasteiger partial charge in [-0.15, -0.1) is 0 Å². The molecule has 2 aromatic carbocycles. The molecule has 0 saturated heterocycles. The third-order valence-corrected chi connectivity index (χ3v) is 4.49. The predicted octanol–water partition coefficient (Wildman–Crippen LogP) is 3.39. The number of fused-ring (bicyclic) bond motifs is 2. The third-order valence-electron chi connectivity index (χ3n) is 4.13. The van der Waals surface area contributed by atoms with Crippen molar-refractivity contribution in [3.05, 3.63) is 45.6 Å². The van der Waals surface area contributed by atoms with Gasteiger partial charge in [0, 0.05) is 5.39 Å². The SMILES string of the molecule is CCOC(=O)Cn1c2ccccc2c(=O)c2cc(OC)c(Cl)c(OC)c21. The Morgan fingerprint density at radius 3 is 2.54 bits per heavy atom. The summed E-state index contributed by atoms with van der Waals surface area (Å²) in [5.41, 5.74) is 0.830. The van der Waals surface area contributed by atoms with Crippen LogP contribution in [-0.2, 0) is 16.1 Å². The molecule has 0 N–H and O–H groups in total. The standard InChI is InChI=1S/C19H18ClNO5/c1-4-26-15(22)10-21-13-8-6-5-7-11(13)18(23)12-9-14(24-2)16(20)19(25-3)17(12)21/h5-9H,4,10H2,1-3H3. The van der Waals surface area contributed by atoms with Gasteiger partial charge in [-0.05, 0) is 25.1 Å². The summed E-state index contributed by atoms with van der Waals surface area (Å²) in [6, 6.07) is 8.62. The third kappa shape index (κ3) is 2.86. The second-order valence-corrected chi connectivity index (χ2v) is 5.94. The fourth-order valence-electron chi connectivity index (χ4n) is 3.04. The van der Waals surface area contributed by atoms with Crippen molar-refractivity contribution in [3.8, 4) is 11.5 Å². The van der Waals surface area contributed by atoms with Gasteiger partial charge in [0.1, 0.15) is 17.3 Å². The van der Waals surface area contributed by atoms with Crippen molar-refractivity contribution >= 4 is 39.4 Å². The normalized spacial score (nSPS) is 10.9. The zero-order valence-corrected chi connectivity index (χ0v) is 15.4. The van der Waals surface area contributed by atoms with Gasteiger partial charge in [-0.3, -0.25) is 9.59 Å². The van der Waals surface area contributed by atoms with Crippen molar-refractivity contribution in [2.24, 2.45) is 0 Å². The van der Waals surface area contributed by atoms with Crippen LogP contribution in [0.3, 0.4) is 0 Å². The van der Waals surface area contributed by atoms with E-state index in [-0.39, 0.29) is 29.4 Å². The van der Waals surface area contributed by atoms with Gasteiger partial charge >= 0.3 is 5.97 Å². The van der Waals surface area contributed by atoms with Crippen LogP contribution in [-0.4, -0.2) is 31.4 Å². The molecule has 0 radical (unpaired) electrons. The number of carbonyl (C=O) groups excluding carboxylic acids is 1. The molecule has 3 aromatic rings. The lowest BCUT2D eigenvalue weighted by molar-refractivity contribution is -0.143. The number of hydrogen-bond donors (Lipinski definition) is 0. The Morgan fingerprint density at radius 2 is 1.88 bits per heavy atom. The molecule has 0 aliphatic rings. The lowest BCUT2D eigenvalue weighted by atomic mass is 10.1. The number of halogens is 1. The first-order valence-corrected chi connectivity index (χ1v) is 8.42. The maximum atomic E-state index is 13.0. The first-order chi connectivity index (χ1) is 12.5. The van der Waals surface area contributed by atoms with Crippen molar-refractivity contribution in [3.63, 3.8) is 0 Å². The molecule has 3 rings (SSSR count). The van der Waals surface area contributed by atoms with Gasteiger partial charge < -0.3 is 18.8 Å². The smallest absolute Gasteiger partial charge is 0.325 e. The summed E-state index contributed by atoms with van der Waals surface area (Å²) in [6.07, 6.45) is 0. The van der Waals surface area contributed by atoms with Crippen molar-refractivity contribution in [1.29, 1.82) is 0 Å². The summed E-state index contributed by atoms with van der Waals surface area (Å²) < 4.78 is 17.5. The van der Waals surface area contributed by atoms with E-state index < -0.39 is 5.97 Å². The summed E-state index contributed by atoms with van der Waals surface area (Å²) in [5, 5.41) is 1.07. The van der Waals surface area contributed by atoms with Crippen LogP contribution in [0.4, 0.5) is 0 Å². The number of pyridine rings is 1. The molecular weight excluding hydrogens is 358 g/mol. The molecule has 0 fully saturated rings. The van der Waals surface area contributed by atoms with E-state index in [0.717, 1.165) is 0 Å². The Morgan fingerprint density at radius 1 is 1.15 bits per heavy atom. The number of rotatable bonds is 5. The van der Waals surface area contributed by atoms with Crippen LogP contribution in [0.2, 0.25) is 5.02 Å². The van der Waals surface area contributed by atoms with Crippen LogP contribution in [0.1, 0.15) is 6.92 Å². The van der Waals surface area contributed by atoms with E-state index in [1.807, 2.05) is 0 Å². The first-order valence-electron chi connectivity index (χ1n) is 8.04. The molecule has 0 saturated carbocycles. The Balaban J connectivity index is 2.50. The first kappa shape index (κ1) is 18.1. The highest BCUT2D eigenvalue weighted by Gasteiger charge is 2.21. The Hall–Kier alpha value is -2.73. The number of carbonyl (C=O) groups is 1. The van der Waals surface area contributed by atoms with Gasteiger partial charge in [-0.2, -0.15) is 0 Å². The number of methoxy groups -OCH3 is 2. The highest BCUT2D eigenvalue weighted by atomic mass is 35.5. The van der Waals surface area contributed by atoms with Crippen LogP contribution in [0.15, 0.2) is 35.1 Å². The predicted molar refractivity (Wildman–Crippen MR) is 100 cm³/mol. The van der Waals surface area contributed by atoms with Crippen molar-refractivity contribution in [2.75, 3.05) is 20.8 Å². The summed E-state index contributed by atoms with van der Waals surface area (Å²) >= 11 is 6.38. The van der Waals surface area contributed by atoms with Gasteiger partial charge in [0.05, 0.1) is 37.2 Å². The summed E-state index contributed by atoms with van der Waals surface area (Å²) in [7, 11) is 2.92. The van der Waals surface area contributed by atoms with Gasteiger partial charge in [-0.1, -0.05) is 23.7 Å². The number of nitrogens with zero attached hydrogens (tertiary/aromatic N) is 1. The Kier molecular flexibility index (Phi) is 5.04. The number of esters is 1. The molecule has 6 nitrogen and oxygen atoms in total. The van der Waals surface area contributed by atoms with Crippen LogP contribution in [0.25, 0.3) is 21.8 Å². The van der Waals surface area contributed by atoms with Crippen molar-refractivity contribution in [1.82, 2.24) is 4.57 Å². The molecule has 26 heavy (non-hydrogen) atoms. The number of hydrogen-bond acceptors (Lipinski definition) is 5. The van der Waals surface area contributed by atoms with E-state index in [2.05, 4.69) is 0 Å². The number of para-hydroxylation sites is 1. The maximum absolute atomic E-state index is 13.0. The Labute approximate surface area is 154 Å². The molecule has 7 heteroatoms. The summed E-state index contributed by atoms with van der Waals surface area (Å²) in [5.74, 6) is 0.177. The number of ether oxygens (including phenoxy) is 3. The lowest BCUT2D eigenvalue weighted by Gasteiger charge is -2.18. The minimum Gasteiger partial charge on any atom is -0.495 e. The topological polar surface area (TPSA) is 66.8 Å². The molecule has 1 aromatic heterocycles. The summed E-state index contributed by atoms with van der Waals surface area (Å²) in [4.78, 5) is 25.2. The molecule has 1 heterocycles. The average Bonchev–Trinajstić information content (AvgIpc) is 2.65. The molecule has 0 unspecified atom stereocenters. The fourth-order valence-corrected chi connectivity index (χ4v) is 3.34. The highest BCUT2D eigenvalue weighted by molar-refractivity contribution is 6.35. The molecular formula is C19H18ClNO5. The fraction of sp³-hybridized carbons (Fsp3) is 0.263. The van der Waals surface area contributed by atoms with Gasteiger partial charge in [0.15, 0.2) is 11.2 Å². The second kappa shape index (κ2) is 7.25. The van der Waals surface area contributed by atoms with Gasteiger partial charge in [0.25, 0.3) is 0 Å². The molecule has 0 aliphatic heterocycles. The van der Waals surface area contributed by atoms with Crippen LogP contribution in [0, 0.1) is 0 Å². The average molecular weight is 376 g/mol. The zero-order valence-electron chi connectivity index (χ0n) is 14.7. The van der Waals surface area contributed by atoms with Crippen LogP contribution >= 0.6 is 11.6 Å². The largest absolute Gasteiger partial charge is 0.495 e. The molecule has 0 amide bonds. The Bertz CT molecular complexity index is 1060. The van der Waals surface area contributed by atoms with E-state index in [0.29, 0.717) is 27.6 Å². The minimum atomic E-state index is -0.420. The van der Waals surface area contributed by atoms with E-state index in [1.54, 1.807) is 41.8 Å². The summed E-state index contributed by atoms with van der Waals surface area (Å²) in [6.45, 7) is 1.92. The number of aromatic nitrogens is 1. The highest BCUT2D eigenvalue weighted by Crippen LogP contribution is 2.40. The van der Waals surface area contributed by atoms with Crippen LogP contribution in [0.5, 0.6) is 11.5 Å². The zero-order chi connectivity index (χ0) is 18.8. The molecule has 136 valence electrons. The molecule has 0 spiro atoms.